The van der Waals surface area contributed by atoms with Crippen molar-refractivity contribution in [1.29, 1.82) is 5.26 Å². The SMILES string of the molecule is C[Si](C)(C)CCOCn1cc(Br)c2cc(F)c(C#N)cc21. The number of hydrogen-bond acceptors (Lipinski definition) is 2. The van der Waals surface area contributed by atoms with E-state index in [1.54, 1.807) is 6.07 Å². The highest BCUT2D eigenvalue weighted by atomic mass is 79.9. The van der Waals surface area contributed by atoms with Gasteiger partial charge in [-0.05, 0) is 34.1 Å². The fourth-order valence-corrected chi connectivity index (χ4v) is 3.32. The van der Waals surface area contributed by atoms with E-state index in [1.807, 2.05) is 16.8 Å². The Kier molecular flexibility index (Phi) is 4.87. The van der Waals surface area contributed by atoms with Crippen LogP contribution in [-0.2, 0) is 11.5 Å². The van der Waals surface area contributed by atoms with Crippen LogP contribution >= 0.6 is 15.9 Å². The van der Waals surface area contributed by atoms with Gasteiger partial charge in [0.25, 0.3) is 0 Å². The van der Waals surface area contributed by atoms with Gasteiger partial charge in [-0.1, -0.05) is 19.6 Å². The molecule has 0 aliphatic carbocycles. The van der Waals surface area contributed by atoms with Crippen LogP contribution in [0.15, 0.2) is 22.8 Å². The number of nitriles is 1. The van der Waals surface area contributed by atoms with E-state index >= 15 is 0 Å². The highest BCUT2D eigenvalue weighted by molar-refractivity contribution is 9.10. The zero-order chi connectivity index (χ0) is 15.6. The molecule has 0 saturated heterocycles. The molecule has 0 amide bonds. The third-order valence-corrected chi connectivity index (χ3v) is 5.60. The van der Waals surface area contributed by atoms with E-state index in [0.717, 1.165) is 28.0 Å². The molecule has 0 aliphatic rings. The zero-order valence-corrected chi connectivity index (χ0v) is 15.0. The predicted octanol–water partition coefficient (Wildman–Crippen LogP) is 4.73. The second-order valence-electron chi connectivity index (χ2n) is 6.26. The second kappa shape index (κ2) is 6.30. The minimum Gasteiger partial charge on any atom is -0.361 e. The topological polar surface area (TPSA) is 38.0 Å². The van der Waals surface area contributed by atoms with Crippen LogP contribution in [0.4, 0.5) is 4.39 Å². The van der Waals surface area contributed by atoms with E-state index in [1.165, 1.54) is 6.07 Å². The summed E-state index contributed by atoms with van der Waals surface area (Å²) in [5.41, 5.74) is 0.851. The molecule has 1 heterocycles. The normalized spacial score (nSPS) is 11.8. The summed E-state index contributed by atoms with van der Waals surface area (Å²) < 4.78 is 22.1. The monoisotopic (exact) mass is 368 g/mol. The lowest BCUT2D eigenvalue weighted by Crippen LogP contribution is -2.21. The van der Waals surface area contributed by atoms with Gasteiger partial charge < -0.3 is 9.30 Å². The molecule has 0 atom stereocenters. The number of rotatable bonds is 5. The molecule has 2 aromatic rings. The average Bonchev–Trinajstić information content (AvgIpc) is 2.69. The van der Waals surface area contributed by atoms with E-state index in [9.17, 15) is 4.39 Å². The van der Waals surface area contributed by atoms with Crippen LogP contribution in [-0.4, -0.2) is 19.2 Å². The summed E-state index contributed by atoms with van der Waals surface area (Å²) in [6.07, 6.45) is 1.86. The van der Waals surface area contributed by atoms with Gasteiger partial charge in [0.1, 0.15) is 18.6 Å². The Hall–Kier alpha value is -1.16. The summed E-state index contributed by atoms with van der Waals surface area (Å²) >= 11 is 3.42. The van der Waals surface area contributed by atoms with Crippen molar-refractivity contribution in [2.45, 2.75) is 32.4 Å². The van der Waals surface area contributed by atoms with Gasteiger partial charge >= 0.3 is 0 Å². The molecule has 1 aromatic heterocycles. The maximum absolute atomic E-state index is 13.7. The van der Waals surface area contributed by atoms with Crippen molar-refractivity contribution in [2.24, 2.45) is 0 Å². The molecule has 3 nitrogen and oxygen atoms in total. The average molecular weight is 369 g/mol. The maximum atomic E-state index is 13.7. The van der Waals surface area contributed by atoms with Gasteiger partial charge in [0, 0.05) is 30.7 Å². The Labute approximate surface area is 133 Å². The van der Waals surface area contributed by atoms with Crippen LogP contribution in [0.3, 0.4) is 0 Å². The van der Waals surface area contributed by atoms with Crippen LogP contribution in [0.2, 0.25) is 25.7 Å². The van der Waals surface area contributed by atoms with E-state index in [2.05, 4.69) is 35.6 Å². The summed E-state index contributed by atoms with van der Waals surface area (Å²) in [6, 6.07) is 5.93. The molecule has 0 radical (unpaired) electrons. The summed E-state index contributed by atoms with van der Waals surface area (Å²) in [6.45, 7) is 8.04. The van der Waals surface area contributed by atoms with Crippen molar-refractivity contribution in [2.75, 3.05) is 6.61 Å². The van der Waals surface area contributed by atoms with E-state index in [-0.39, 0.29) is 5.56 Å². The lowest BCUT2D eigenvalue weighted by atomic mass is 10.1. The van der Waals surface area contributed by atoms with Gasteiger partial charge in [-0.2, -0.15) is 5.26 Å². The van der Waals surface area contributed by atoms with Gasteiger partial charge in [0.2, 0.25) is 0 Å². The minimum atomic E-state index is -1.10. The number of hydrogen-bond donors (Lipinski definition) is 0. The number of fused-ring (bicyclic) bond motifs is 1. The van der Waals surface area contributed by atoms with Crippen LogP contribution < -0.4 is 0 Å². The molecule has 0 saturated carbocycles. The molecule has 0 aliphatic heterocycles. The number of ether oxygens (including phenoxy) is 1. The summed E-state index contributed by atoms with van der Waals surface area (Å²) in [5, 5.41) is 9.69. The Morgan fingerprint density at radius 3 is 2.71 bits per heavy atom. The van der Waals surface area contributed by atoms with Crippen molar-refractivity contribution in [3.63, 3.8) is 0 Å². The van der Waals surface area contributed by atoms with Crippen molar-refractivity contribution >= 4 is 34.9 Å². The molecular formula is C15H18BrFN2OSi. The maximum Gasteiger partial charge on any atom is 0.141 e. The number of aromatic nitrogens is 1. The molecule has 112 valence electrons. The fraction of sp³-hybridized carbons (Fsp3) is 0.400. The van der Waals surface area contributed by atoms with Gasteiger partial charge in [0.05, 0.1) is 11.1 Å². The van der Waals surface area contributed by atoms with E-state index in [4.69, 9.17) is 10.00 Å². The largest absolute Gasteiger partial charge is 0.361 e. The molecular weight excluding hydrogens is 351 g/mol. The Morgan fingerprint density at radius 1 is 1.38 bits per heavy atom. The molecule has 0 N–H and O–H groups in total. The highest BCUT2D eigenvalue weighted by Crippen LogP contribution is 2.28. The van der Waals surface area contributed by atoms with Crippen LogP contribution in [0, 0.1) is 17.1 Å². The molecule has 21 heavy (non-hydrogen) atoms. The van der Waals surface area contributed by atoms with Crippen molar-refractivity contribution < 1.29 is 9.13 Å². The molecule has 0 fully saturated rings. The fourth-order valence-electron chi connectivity index (χ4n) is 2.00. The van der Waals surface area contributed by atoms with Gasteiger partial charge in [-0.25, -0.2) is 4.39 Å². The molecule has 2 rings (SSSR count). The first kappa shape index (κ1) is 16.2. The predicted molar refractivity (Wildman–Crippen MR) is 88.4 cm³/mol. The summed E-state index contributed by atoms with van der Waals surface area (Å²) in [4.78, 5) is 0. The Balaban J connectivity index is 2.19. The lowest BCUT2D eigenvalue weighted by Gasteiger charge is -2.15. The van der Waals surface area contributed by atoms with Gasteiger partial charge in [0.15, 0.2) is 0 Å². The Bertz CT molecular complexity index is 700. The smallest absolute Gasteiger partial charge is 0.141 e. The first-order valence-electron chi connectivity index (χ1n) is 6.77. The van der Waals surface area contributed by atoms with E-state index < -0.39 is 13.9 Å². The van der Waals surface area contributed by atoms with Crippen LogP contribution in [0.1, 0.15) is 5.56 Å². The minimum absolute atomic E-state index is 0.0523. The molecule has 1 aromatic carbocycles. The first-order chi connectivity index (χ1) is 9.81. The summed E-state index contributed by atoms with van der Waals surface area (Å²) in [5.74, 6) is -0.497. The number of halogens is 2. The van der Waals surface area contributed by atoms with Crippen LogP contribution in [0.25, 0.3) is 10.9 Å². The number of benzene rings is 1. The first-order valence-corrected chi connectivity index (χ1v) is 11.3. The van der Waals surface area contributed by atoms with Crippen LogP contribution in [0.5, 0.6) is 0 Å². The van der Waals surface area contributed by atoms with E-state index in [0.29, 0.717) is 6.73 Å². The molecule has 0 bridgehead atoms. The lowest BCUT2D eigenvalue weighted by molar-refractivity contribution is 0.0902. The second-order valence-corrected chi connectivity index (χ2v) is 12.7. The van der Waals surface area contributed by atoms with Gasteiger partial charge in [-0.15, -0.1) is 0 Å². The zero-order valence-electron chi connectivity index (χ0n) is 12.4. The molecule has 0 unspecified atom stereocenters. The highest BCUT2D eigenvalue weighted by Gasteiger charge is 2.14. The number of nitrogens with zero attached hydrogens (tertiary/aromatic N) is 2. The van der Waals surface area contributed by atoms with Crippen molar-refractivity contribution in [1.82, 2.24) is 4.57 Å². The van der Waals surface area contributed by atoms with Gasteiger partial charge in [-0.3, -0.25) is 0 Å². The van der Waals surface area contributed by atoms with Crippen molar-refractivity contribution in [3.8, 4) is 6.07 Å². The summed E-state index contributed by atoms with van der Waals surface area (Å²) in [7, 11) is -1.10. The Morgan fingerprint density at radius 2 is 2.10 bits per heavy atom. The third kappa shape index (κ3) is 3.94. The standard InChI is InChI=1S/C15H18BrFN2OSi/c1-21(2,3)5-4-20-10-19-9-13(16)12-7-14(17)11(8-18)6-15(12)19/h6-7,9H,4-5,10H2,1-3H3. The van der Waals surface area contributed by atoms with Crippen molar-refractivity contribution in [3.05, 3.63) is 34.2 Å². The quantitative estimate of drug-likeness (QED) is 0.565. The third-order valence-electron chi connectivity index (χ3n) is 3.27. The molecule has 0 spiro atoms. The molecule has 6 heteroatoms.